The van der Waals surface area contributed by atoms with E-state index in [1.165, 1.54) is 0 Å². The summed E-state index contributed by atoms with van der Waals surface area (Å²) < 4.78 is 1.09. The molecule has 2 nitrogen and oxygen atoms in total. The third-order valence-corrected chi connectivity index (χ3v) is 3.16. The molecule has 1 N–H and O–H groups in total. The standard InChI is InChI=1S/C11H17BrN2/c1-4-13-9(3)8(2)11-10(12)6-5-7-14-11/h5-9,13H,4H2,1-3H3. The summed E-state index contributed by atoms with van der Waals surface area (Å²) in [6.45, 7) is 7.50. The summed E-state index contributed by atoms with van der Waals surface area (Å²) in [5.74, 6) is 0.422. The van der Waals surface area contributed by atoms with E-state index in [2.05, 4.69) is 47.0 Å². The first-order valence-corrected chi connectivity index (χ1v) is 5.80. The Morgan fingerprint density at radius 3 is 2.79 bits per heavy atom. The Morgan fingerprint density at radius 1 is 1.50 bits per heavy atom. The quantitative estimate of drug-likeness (QED) is 0.897. The lowest BCUT2D eigenvalue weighted by atomic mass is 9.99. The number of pyridine rings is 1. The maximum atomic E-state index is 4.39. The van der Waals surface area contributed by atoms with Gasteiger partial charge in [0.2, 0.25) is 0 Å². The number of hydrogen-bond donors (Lipinski definition) is 1. The van der Waals surface area contributed by atoms with Crippen molar-refractivity contribution in [3.8, 4) is 0 Å². The second kappa shape index (κ2) is 5.47. The van der Waals surface area contributed by atoms with E-state index in [0.29, 0.717) is 12.0 Å². The SMILES string of the molecule is CCNC(C)C(C)c1ncccc1Br. The van der Waals surface area contributed by atoms with Crippen molar-refractivity contribution in [2.75, 3.05) is 6.54 Å². The Kier molecular flexibility index (Phi) is 4.55. The summed E-state index contributed by atoms with van der Waals surface area (Å²) in [5, 5.41) is 3.41. The van der Waals surface area contributed by atoms with E-state index >= 15 is 0 Å². The van der Waals surface area contributed by atoms with Gasteiger partial charge in [-0.05, 0) is 41.5 Å². The first-order valence-electron chi connectivity index (χ1n) is 5.00. The topological polar surface area (TPSA) is 24.9 Å². The normalized spacial score (nSPS) is 15.1. The molecule has 1 heterocycles. The van der Waals surface area contributed by atoms with Crippen LogP contribution in [0.15, 0.2) is 22.8 Å². The van der Waals surface area contributed by atoms with E-state index in [0.717, 1.165) is 16.7 Å². The Hall–Kier alpha value is -0.410. The summed E-state index contributed by atoms with van der Waals surface area (Å²) in [6, 6.07) is 4.43. The fourth-order valence-electron chi connectivity index (χ4n) is 1.47. The van der Waals surface area contributed by atoms with Gasteiger partial charge in [0, 0.05) is 22.6 Å². The Balaban J connectivity index is 2.78. The summed E-state index contributed by atoms with van der Waals surface area (Å²) in [5.41, 5.74) is 1.13. The maximum absolute atomic E-state index is 4.39. The van der Waals surface area contributed by atoms with Gasteiger partial charge in [0.05, 0.1) is 5.69 Å². The first-order chi connectivity index (χ1) is 6.66. The molecule has 1 aromatic rings. The molecule has 0 aliphatic rings. The fraction of sp³-hybridized carbons (Fsp3) is 0.545. The molecule has 14 heavy (non-hydrogen) atoms. The third-order valence-electron chi connectivity index (χ3n) is 2.49. The van der Waals surface area contributed by atoms with Gasteiger partial charge >= 0.3 is 0 Å². The van der Waals surface area contributed by atoms with Gasteiger partial charge < -0.3 is 5.32 Å². The second-order valence-corrected chi connectivity index (χ2v) is 4.36. The lowest BCUT2D eigenvalue weighted by Crippen LogP contribution is -2.31. The zero-order chi connectivity index (χ0) is 10.6. The third kappa shape index (κ3) is 2.79. The van der Waals surface area contributed by atoms with Crippen LogP contribution in [0.5, 0.6) is 0 Å². The molecule has 0 bridgehead atoms. The van der Waals surface area contributed by atoms with Crippen molar-refractivity contribution in [1.29, 1.82) is 0 Å². The first kappa shape index (κ1) is 11.7. The zero-order valence-corrected chi connectivity index (χ0v) is 10.5. The lowest BCUT2D eigenvalue weighted by molar-refractivity contribution is 0.486. The van der Waals surface area contributed by atoms with E-state index < -0.39 is 0 Å². The average Bonchev–Trinajstić information content (AvgIpc) is 2.18. The van der Waals surface area contributed by atoms with E-state index in [4.69, 9.17) is 0 Å². The van der Waals surface area contributed by atoms with Crippen LogP contribution in [0.3, 0.4) is 0 Å². The number of hydrogen-bond acceptors (Lipinski definition) is 2. The number of nitrogens with zero attached hydrogens (tertiary/aromatic N) is 1. The van der Waals surface area contributed by atoms with Gasteiger partial charge in [0.15, 0.2) is 0 Å². The summed E-state index contributed by atoms with van der Waals surface area (Å²) in [4.78, 5) is 4.39. The number of aromatic nitrogens is 1. The molecule has 1 aromatic heterocycles. The monoisotopic (exact) mass is 256 g/mol. The average molecular weight is 257 g/mol. The number of likely N-dealkylation sites (N-methyl/N-ethyl adjacent to an activating group) is 1. The molecule has 2 unspecified atom stereocenters. The van der Waals surface area contributed by atoms with E-state index in [1.54, 1.807) is 0 Å². The molecule has 0 amide bonds. The number of rotatable bonds is 4. The van der Waals surface area contributed by atoms with Crippen molar-refractivity contribution in [3.05, 3.63) is 28.5 Å². The molecule has 78 valence electrons. The maximum Gasteiger partial charge on any atom is 0.0588 e. The Bertz CT molecular complexity index is 288. The second-order valence-electron chi connectivity index (χ2n) is 3.51. The highest BCUT2D eigenvalue weighted by molar-refractivity contribution is 9.10. The molecule has 0 saturated heterocycles. The predicted octanol–water partition coefficient (Wildman–Crippen LogP) is 2.95. The van der Waals surface area contributed by atoms with Crippen LogP contribution in [0.2, 0.25) is 0 Å². The highest BCUT2D eigenvalue weighted by Gasteiger charge is 2.16. The van der Waals surface area contributed by atoms with Gasteiger partial charge in [-0.2, -0.15) is 0 Å². The van der Waals surface area contributed by atoms with Gasteiger partial charge in [-0.15, -0.1) is 0 Å². The van der Waals surface area contributed by atoms with Crippen LogP contribution in [-0.4, -0.2) is 17.6 Å². The van der Waals surface area contributed by atoms with Gasteiger partial charge in [-0.3, -0.25) is 4.98 Å². The molecule has 1 rings (SSSR count). The lowest BCUT2D eigenvalue weighted by Gasteiger charge is -2.20. The van der Waals surface area contributed by atoms with E-state index in [-0.39, 0.29) is 0 Å². The molecule has 3 heteroatoms. The van der Waals surface area contributed by atoms with Crippen molar-refractivity contribution in [3.63, 3.8) is 0 Å². The number of halogens is 1. The molecule has 0 saturated carbocycles. The molecule has 0 aliphatic heterocycles. The van der Waals surface area contributed by atoms with Crippen molar-refractivity contribution < 1.29 is 0 Å². The minimum Gasteiger partial charge on any atom is -0.314 e. The highest BCUT2D eigenvalue weighted by atomic mass is 79.9. The zero-order valence-electron chi connectivity index (χ0n) is 8.92. The number of nitrogens with one attached hydrogen (secondary N) is 1. The summed E-state index contributed by atoms with van der Waals surface area (Å²) >= 11 is 3.53. The summed E-state index contributed by atoms with van der Waals surface area (Å²) in [7, 11) is 0. The van der Waals surface area contributed by atoms with Crippen LogP contribution in [0.25, 0.3) is 0 Å². The van der Waals surface area contributed by atoms with Crippen LogP contribution in [-0.2, 0) is 0 Å². The van der Waals surface area contributed by atoms with Crippen molar-refractivity contribution >= 4 is 15.9 Å². The molecule has 0 aromatic carbocycles. The summed E-state index contributed by atoms with van der Waals surface area (Å²) in [6.07, 6.45) is 1.84. The van der Waals surface area contributed by atoms with Gasteiger partial charge in [-0.25, -0.2) is 0 Å². The molecule has 0 spiro atoms. The van der Waals surface area contributed by atoms with Crippen LogP contribution < -0.4 is 5.32 Å². The van der Waals surface area contributed by atoms with Crippen LogP contribution in [0.1, 0.15) is 32.4 Å². The van der Waals surface area contributed by atoms with Crippen LogP contribution in [0.4, 0.5) is 0 Å². The molecular weight excluding hydrogens is 240 g/mol. The van der Waals surface area contributed by atoms with Crippen LogP contribution >= 0.6 is 15.9 Å². The van der Waals surface area contributed by atoms with Crippen molar-refractivity contribution in [2.45, 2.75) is 32.7 Å². The Morgan fingerprint density at radius 2 is 2.21 bits per heavy atom. The Labute approximate surface area is 94.3 Å². The molecule has 0 fully saturated rings. The van der Waals surface area contributed by atoms with Gasteiger partial charge in [0.1, 0.15) is 0 Å². The molecule has 0 aliphatic carbocycles. The van der Waals surface area contributed by atoms with Crippen molar-refractivity contribution in [1.82, 2.24) is 10.3 Å². The van der Waals surface area contributed by atoms with Crippen LogP contribution in [0, 0.1) is 0 Å². The largest absolute Gasteiger partial charge is 0.314 e. The minimum absolute atomic E-state index is 0.422. The van der Waals surface area contributed by atoms with E-state index in [1.807, 2.05) is 18.3 Å². The predicted molar refractivity (Wildman–Crippen MR) is 63.5 cm³/mol. The molecular formula is C11H17BrN2. The highest BCUT2D eigenvalue weighted by Crippen LogP contribution is 2.24. The van der Waals surface area contributed by atoms with Crippen molar-refractivity contribution in [2.24, 2.45) is 0 Å². The van der Waals surface area contributed by atoms with E-state index in [9.17, 15) is 0 Å². The molecule has 0 radical (unpaired) electrons. The van der Waals surface area contributed by atoms with Gasteiger partial charge in [0.25, 0.3) is 0 Å². The van der Waals surface area contributed by atoms with Gasteiger partial charge in [-0.1, -0.05) is 13.8 Å². The fourth-order valence-corrected chi connectivity index (χ4v) is 2.08. The molecule has 2 atom stereocenters. The minimum atomic E-state index is 0.422. The smallest absolute Gasteiger partial charge is 0.0588 e.